The first-order valence-corrected chi connectivity index (χ1v) is 30.1. The van der Waals surface area contributed by atoms with Gasteiger partial charge >= 0.3 is 11.9 Å². The Kier molecular flexibility index (Phi) is 57.9. The van der Waals surface area contributed by atoms with Crippen molar-refractivity contribution in [2.24, 2.45) is 0 Å². The molecule has 0 amide bonds. The molecule has 0 aromatic rings. The van der Waals surface area contributed by atoms with Crippen LogP contribution in [0.4, 0.5) is 0 Å². The van der Waals surface area contributed by atoms with Crippen molar-refractivity contribution in [3.05, 3.63) is 85.1 Å². The zero-order valence-corrected chi connectivity index (χ0v) is 46.3. The summed E-state index contributed by atoms with van der Waals surface area (Å²) in [7, 11) is 0. The Bertz CT molecular complexity index is 1290. The summed E-state index contributed by atoms with van der Waals surface area (Å²) in [5, 5.41) is 9.65. The zero-order chi connectivity index (χ0) is 50.6. The highest BCUT2D eigenvalue weighted by molar-refractivity contribution is 5.70. The molecule has 0 aliphatic carbocycles. The maximum absolute atomic E-state index is 12.3. The van der Waals surface area contributed by atoms with Gasteiger partial charge in [-0.15, -0.1) is 0 Å². The SMILES string of the molecule is CC/C=C\C/C=C\C/C=C\C/C=C\C/C=C\CCCCCCCCCCCCCCCCCCCCCCCCCC(=O)OC(CO)COC(=O)CCCCCCCCC/C=C\C/C=C\CCCCC. The first-order chi connectivity index (χ1) is 34.6. The van der Waals surface area contributed by atoms with E-state index >= 15 is 0 Å². The van der Waals surface area contributed by atoms with Crippen molar-refractivity contribution in [3.8, 4) is 0 Å². The molecule has 5 heteroatoms. The number of unbranched alkanes of at least 4 members (excludes halogenated alkanes) is 33. The third-order valence-electron chi connectivity index (χ3n) is 13.2. The second-order valence-electron chi connectivity index (χ2n) is 20.0. The average Bonchev–Trinajstić information content (AvgIpc) is 3.36. The van der Waals surface area contributed by atoms with Crippen molar-refractivity contribution >= 4 is 11.9 Å². The lowest BCUT2D eigenvalue weighted by atomic mass is 10.0. The molecule has 70 heavy (non-hydrogen) atoms. The van der Waals surface area contributed by atoms with E-state index < -0.39 is 6.10 Å². The van der Waals surface area contributed by atoms with Gasteiger partial charge in [-0.25, -0.2) is 0 Å². The molecular formula is C65H114O5. The Morgan fingerprint density at radius 1 is 0.343 bits per heavy atom. The molecule has 0 aromatic heterocycles. The summed E-state index contributed by atoms with van der Waals surface area (Å²) in [6.45, 7) is 4.02. The Morgan fingerprint density at radius 3 is 0.929 bits per heavy atom. The highest BCUT2D eigenvalue weighted by Crippen LogP contribution is 2.17. The minimum atomic E-state index is -0.776. The molecule has 1 atom stereocenters. The van der Waals surface area contributed by atoms with Crippen LogP contribution < -0.4 is 0 Å². The van der Waals surface area contributed by atoms with E-state index in [-0.39, 0.29) is 25.2 Å². The highest BCUT2D eigenvalue weighted by atomic mass is 16.6. The summed E-state index contributed by atoms with van der Waals surface area (Å²) < 4.78 is 10.7. The number of hydrogen-bond donors (Lipinski definition) is 1. The molecule has 1 N–H and O–H groups in total. The van der Waals surface area contributed by atoms with Crippen molar-refractivity contribution in [2.75, 3.05) is 13.2 Å². The number of aliphatic hydroxyl groups is 1. The molecule has 0 spiro atoms. The summed E-state index contributed by atoms with van der Waals surface area (Å²) in [6.07, 6.45) is 84.4. The number of carbonyl (C=O) groups excluding carboxylic acids is 2. The Morgan fingerprint density at radius 2 is 0.614 bits per heavy atom. The van der Waals surface area contributed by atoms with Gasteiger partial charge in [0.15, 0.2) is 6.10 Å². The Labute approximate surface area is 435 Å². The van der Waals surface area contributed by atoms with Crippen molar-refractivity contribution in [2.45, 2.75) is 302 Å². The first kappa shape index (κ1) is 67.1. The van der Waals surface area contributed by atoms with Crippen molar-refractivity contribution in [1.29, 1.82) is 0 Å². The van der Waals surface area contributed by atoms with Crippen LogP contribution in [0.1, 0.15) is 296 Å². The van der Waals surface area contributed by atoms with Gasteiger partial charge in [-0.3, -0.25) is 9.59 Å². The van der Waals surface area contributed by atoms with E-state index in [9.17, 15) is 14.7 Å². The second-order valence-corrected chi connectivity index (χ2v) is 20.0. The Balaban J connectivity index is 3.42. The lowest BCUT2D eigenvalue weighted by Gasteiger charge is -2.15. The standard InChI is InChI=1S/C65H114O5/c1-3-5-7-9-11-13-15-17-19-21-22-23-24-25-26-27-28-29-30-31-32-33-34-35-36-37-38-39-40-41-42-44-46-48-50-52-54-56-58-60-65(68)70-63(61-66)62-69-64(67)59-57-55-53-51-49-47-45-43-20-18-16-14-12-10-8-6-4-2/h5,7,11-14,17-20,22-23,25-26,63,66H,3-4,6,8-10,15-16,21,24,27-62H2,1-2H3/b7-5-,13-11-,14-12-,19-17-,20-18-,23-22-,26-25-. The number of allylic oxidation sites excluding steroid dienone is 14. The largest absolute Gasteiger partial charge is 0.462 e. The average molecular weight is 976 g/mol. The minimum absolute atomic E-state index is 0.0689. The van der Waals surface area contributed by atoms with Crippen LogP contribution in [0.25, 0.3) is 0 Å². The van der Waals surface area contributed by atoms with E-state index in [1.54, 1.807) is 0 Å². The molecule has 1 unspecified atom stereocenters. The first-order valence-electron chi connectivity index (χ1n) is 30.1. The smallest absolute Gasteiger partial charge is 0.306 e. The number of carbonyl (C=O) groups is 2. The van der Waals surface area contributed by atoms with Gasteiger partial charge < -0.3 is 14.6 Å². The van der Waals surface area contributed by atoms with Crippen LogP contribution in [0.15, 0.2) is 85.1 Å². The number of rotatable bonds is 55. The van der Waals surface area contributed by atoms with E-state index in [1.165, 1.54) is 186 Å². The molecule has 0 aromatic carbocycles. The normalized spacial score (nSPS) is 12.8. The summed E-state index contributed by atoms with van der Waals surface area (Å²) in [4.78, 5) is 24.5. The van der Waals surface area contributed by atoms with Crippen LogP contribution >= 0.6 is 0 Å². The topological polar surface area (TPSA) is 72.8 Å². The predicted octanol–water partition coefficient (Wildman–Crippen LogP) is 20.5. The van der Waals surface area contributed by atoms with Crippen LogP contribution in [-0.2, 0) is 19.1 Å². The van der Waals surface area contributed by atoms with Gasteiger partial charge in [-0.2, -0.15) is 0 Å². The summed E-state index contributed by atoms with van der Waals surface area (Å²) in [6, 6.07) is 0. The molecule has 0 rings (SSSR count). The lowest BCUT2D eigenvalue weighted by molar-refractivity contribution is -0.161. The highest BCUT2D eigenvalue weighted by Gasteiger charge is 2.16. The molecule has 404 valence electrons. The Hall–Kier alpha value is -2.92. The number of hydrogen-bond acceptors (Lipinski definition) is 5. The van der Waals surface area contributed by atoms with Crippen LogP contribution in [0, 0.1) is 0 Å². The predicted molar refractivity (Wildman–Crippen MR) is 306 cm³/mol. The van der Waals surface area contributed by atoms with Gasteiger partial charge in [0.2, 0.25) is 0 Å². The van der Waals surface area contributed by atoms with Crippen LogP contribution in [0.5, 0.6) is 0 Å². The molecular weight excluding hydrogens is 861 g/mol. The van der Waals surface area contributed by atoms with Gasteiger partial charge in [0.25, 0.3) is 0 Å². The number of ether oxygens (including phenoxy) is 2. The van der Waals surface area contributed by atoms with Gasteiger partial charge in [0, 0.05) is 12.8 Å². The quantitative estimate of drug-likeness (QED) is 0.0373. The monoisotopic (exact) mass is 975 g/mol. The van der Waals surface area contributed by atoms with E-state index in [4.69, 9.17) is 9.47 Å². The zero-order valence-electron chi connectivity index (χ0n) is 46.3. The third kappa shape index (κ3) is 57.7. The minimum Gasteiger partial charge on any atom is -0.462 e. The summed E-state index contributed by atoms with van der Waals surface area (Å²) >= 11 is 0. The van der Waals surface area contributed by atoms with Crippen LogP contribution in [0.2, 0.25) is 0 Å². The molecule has 0 bridgehead atoms. The third-order valence-corrected chi connectivity index (χ3v) is 13.2. The van der Waals surface area contributed by atoms with E-state index in [0.717, 1.165) is 83.5 Å². The van der Waals surface area contributed by atoms with E-state index in [2.05, 4.69) is 98.9 Å². The number of aliphatic hydroxyl groups excluding tert-OH is 1. The van der Waals surface area contributed by atoms with E-state index in [0.29, 0.717) is 12.8 Å². The van der Waals surface area contributed by atoms with Gasteiger partial charge in [0.05, 0.1) is 6.61 Å². The maximum atomic E-state index is 12.3. The molecule has 0 radical (unpaired) electrons. The summed E-state index contributed by atoms with van der Waals surface area (Å²) in [5.74, 6) is -0.590. The number of esters is 2. The fourth-order valence-electron chi connectivity index (χ4n) is 8.67. The lowest BCUT2D eigenvalue weighted by Crippen LogP contribution is -2.28. The molecule has 0 aliphatic heterocycles. The molecule has 0 heterocycles. The molecule has 0 saturated heterocycles. The molecule has 0 saturated carbocycles. The van der Waals surface area contributed by atoms with Crippen molar-refractivity contribution in [3.63, 3.8) is 0 Å². The van der Waals surface area contributed by atoms with Gasteiger partial charge in [0.1, 0.15) is 6.61 Å². The fourth-order valence-corrected chi connectivity index (χ4v) is 8.67. The van der Waals surface area contributed by atoms with Gasteiger partial charge in [-0.05, 0) is 89.9 Å². The molecule has 5 nitrogen and oxygen atoms in total. The van der Waals surface area contributed by atoms with E-state index in [1.807, 2.05) is 0 Å². The molecule has 0 aliphatic rings. The van der Waals surface area contributed by atoms with Crippen molar-refractivity contribution in [1.82, 2.24) is 0 Å². The maximum Gasteiger partial charge on any atom is 0.306 e. The van der Waals surface area contributed by atoms with Crippen LogP contribution in [0.3, 0.4) is 0 Å². The van der Waals surface area contributed by atoms with Gasteiger partial charge in [-0.1, -0.05) is 279 Å². The molecule has 0 fully saturated rings. The van der Waals surface area contributed by atoms with Crippen LogP contribution in [-0.4, -0.2) is 36.4 Å². The summed E-state index contributed by atoms with van der Waals surface area (Å²) in [5.41, 5.74) is 0. The second kappa shape index (κ2) is 60.4. The van der Waals surface area contributed by atoms with Crippen molar-refractivity contribution < 1.29 is 24.2 Å². The fraction of sp³-hybridized carbons (Fsp3) is 0.754.